The topological polar surface area (TPSA) is 66.7 Å². The molecule has 0 N–H and O–H groups in total. The van der Waals surface area contributed by atoms with Crippen molar-refractivity contribution < 1.29 is 9.72 Å². The molecule has 2 saturated heterocycles. The average Bonchev–Trinajstić information content (AvgIpc) is 2.80. The van der Waals surface area contributed by atoms with E-state index in [9.17, 15) is 14.9 Å². The fourth-order valence-electron chi connectivity index (χ4n) is 4.95. The van der Waals surface area contributed by atoms with E-state index in [4.69, 9.17) is 0 Å². The molecule has 164 valence electrons. The van der Waals surface area contributed by atoms with Crippen LogP contribution in [0.2, 0.25) is 0 Å². The summed E-state index contributed by atoms with van der Waals surface area (Å²) in [5.74, 6) is 1.04. The van der Waals surface area contributed by atoms with Gasteiger partial charge in [-0.3, -0.25) is 19.8 Å². The van der Waals surface area contributed by atoms with Crippen LogP contribution in [0.15, 0.2) is 54.6 Å². The first-order valence-electron chi connectivity index (χ1n) is 11.4. The van der Waals surface area contributed by atoms with E-state index >= 15 is 0 Å². The fraction of sp³-hybridized carbons (Fsp3) is 0.480. The van der Waals surface area contributed by atoms with Gasteiger partial charge in [0, 0.05) is 38.3 Å². The van der Waals surface area contributed by atoms with Crippen molar-refractivity contribution in [2.45, 2.75) is 38.6 Å². The van der Waals surface area contributed by atoms with Gasteiger partial charge in [-0.2, -0.15) is 0 Å². The number of amides is 1. The number of nitro groups is 1. The van der Waals surface area contributed by atoms with Crippen LogP contribution in [-0.2, 0) is 17.8 Å². The normalized spacial score (nSPS) is 20.5. The summed E-state index contributed by atoms with van der Waals surface area (Å²) >= 11 is 0. The fourth-order valence-corrected chi connectivity index (χ4v) is 4.95. The van der Waals surface area contributed by atoms with E-state index in [0.717, 1.165) is 70.4 Å². The van der Waals surface area contributed by atoms with Crippen LogP contribution in [0.3, 0.4) is 0 Å². The SMILES string of the molecule is O=C([C@H]1CCCN(Cc2ccc([N+](=O)[O-])cc2)C1)N1CCC(Cc2ccccc2)CC1. The predicted molar refractivity (Wildman–Crippen MR) is 121 cm³/mol. The Labute approximate surface area is 184 Å². The maximum Gasteiger partial charge on any atom is 0.269 e. The van der Waals surface area contributed by atoms with Crippen LogP contribution in [0, 0.1) is 22.0 Å². The molecule has 6 heteroatoms. The number of rotatable bonds is 6. The minimum absolute atomic E-state index is 0.0671. The van der Waals surface area contributed by atoms with Gasteiger partial charge in [0.15, 0.2) is 0 Å². The lowest BCUT2D eigenvalue weighted by atomic mass is 9.89. The molecule has 2 aliphatic heterocycles. The third-order valence-electron chi connectivity index (χ3n) is 6.70. The number of benzene rings is 2. The smallest absolute Gasteiger partial charge is 0.269 e. The molecule has 2 aromatic rings. The summed E-state index contributed by atoms with van der Waals surface area (Å²) in [6.45, 7) is 4.23. The second kappa shape index (κ2) is 10.1. The zero-order valence-electron chi connectivity index (χ0n) is 18.0. The van der Waals surface area contributed by atoms with E-state index < -0.39 is 0 Å². The summed E-state index contributed by atoms with van der Waals surface area (Å²) in [6, 6.07) is 17.4. The van der Waals surface area contributed by atoms with Crippen LogP contribution in [0.25, 0.3) is 0 Å². The van der Waals surface area contributed by atoms with Gasteiger partial charge in [0.2, 0.25) is 5.91 Å². The molecule has 6 nitrogen and oxygen atoms in total. The van der Waals surface area contributed by atoms with Crippen LogP contribution in [0.5, 0.6) is 0 Å². The molecule has 0 bridgehead atoms. The Morgan fingerprint density at radius 3 is 2.32 bits per heavy atom. The van der Waals surface area contributed by atoms with E-state index in [1.54, 1.807) is 12.1 Å². The van der Waals surface area contributed by atoms with Gasteiger partial charge in [-0.1, -0.05) is 42.5 Å². The maximum absolute atomic E-state index is 13.2. The van der Waals surface area contributed by atoms with Gasteiger partial charge in [0.1, 0.15) is 0 Å². The number of likely N-dealkylation sites (tertiary alicyclic amines) is 2. The molecule has 0 aromatic heterocycles. The predicted octanol–water partition coefficient (Wildman–Crippen LogP) is 4.29. The monoisotopic (exact) mass is 421 g/mol. The summed E-state index contributed by atoms with van der Waals surface area (Å²) in [5, 5.41) is 10.8. The molecule has 2 heterocycles. The highest BCUT2D eigenvalue weighted by Gasteiger charge is 2.31. The van der Waals surface area contributed by atoms with Crippen molar-refractivity contribution in [3.05, 3.63) is 75.8 Å². The van der Waals surface area contributed by atoms with Gasteiger partial charge in [-0.25, -0.2) is 0 Å². The molecule has 0 saturated carbocycles. The summed E-state index contributed by atoms with van der Waals surface area (Å²) in [6.07, 6.45) is 5.25. The van der Waals surface area contributed by atoms with Gasteiger partial charge < -0.3 is 4.90 Å². The molecule has 1 atom stereocenters. The summed E-state index contributed by atoms with van der Waals surface area (Å²) in [7, 11) is 0. The molecule has 0 spiro atoms. The Morgan fingerprint density at radius 1 is 0.935 bits per heavy atom. The first-order chi connectivity index (χ1) is 15.1. The maximum atomic E-state index is 13.2. The van der Waals surface area contributed by atoms with Gasteiger partial charge >= 0.3 is 0 Å². The second-order valence-corrected chi connectivity index (χ2v) is 8.96. The molecule has 1 amide bonds. The van der Waals surface area contributed by atoms with Crippen molar-refractivity contribution >= 4 is 11.6 Å². The van der Waals surface area contributed by atoms with E-state index in [-0.39, 0.29) is 16.5 Å². The van der Waals surface area contributed by atoms with Gasteiger partial charge in [-0.05, 0) is 55.7 Å². The van der Waals surface area contributed by atoms with Crippen LogP contribution in [-0.4, -0.2) is 46.8 Å². The van der Waals surface area contributed by atoms with Crippen molar-refractivity contribution in [3.63, 3.8) is 0 Å². The van der Waals surface area contributed by atoms with Crippen LogP contribution < -0.4 is 0 Å². The minimum atomic E-state index is -0.373. The first-order valence-corrected chi connectivity index (χ1v) is 11.4. The number of nitro benzene ring substituents is 1. The molecule has 0 unspecified atom stereocenters. The standard InChI is InChI=1S/C25H31N3O3/c29-25(27-15-12-21(13-16-27)17-20-5-2-1-3-6-20)23-7-4-14-26(19-23)18-22-8-10-24(11-9-22)28(30)31/h1-3,5-6,8-11,21,23H,4,7,12-19H2/t23-/m0/s1. The van der Waals surface area contributed by atoms with Gasteiger partial charge in [0.05, 0.1) is 10.8 Å². The third kappa shape index (κ3) is 5.70. The minimum Gasteiger partial charge on any atom is -0.342 e. The van der Waals surface area contributed by atoms with Crippen molar-refractivity contribution in [2.75, 3.05) is 26.2 Å². The van der Waals surface area contributed by atoms with Gasteiger partial charge in [0.25, 0.3) is 5.69 Å². The van der Waals surface area contributed by atoms with Crippen molar-refractivity contribution in [3.8, 4) is 0 Å². The molecule has 0 radical (unpaired) electrons. The Morgan fingerprint density at radius 2 is 1.65 bits per heavy atom. The number of carbonyl (C=O) groups excluding carboxylic acids is 1. The van der Waals surface area contributed by atoms with E-state index in [1.165, 1.54) is 5.56 Å². The summed E-state index contributed by atoms with van der Waals surface area (Å²) in [5.41, 5.74) is 2.56. The quantitative estimate of drug-likeness (QED) is 0.516. The largest absolute Gasteiger partial charge is 0.342 e. The molecular weight excluding hydrogens is 390 g/mol. The van der Waals surface area contributed by atoms with E-state index in [2.05, 4.69) is 40.1 Å². The Hall–Kier alpha value is -2.73. The number of non-ortho nitro benzene ring substituents is 1. The molecular formula is C25H31N3O3. The summed E-state index contributed by atoms with van der Waals surface area (Å²) in [4.78, 5) is 28.0. The van der Waals surface area contributed by atoms with Crippen LogP contribution in [0.1, 0.15) is 36.8 Å². The van der Waals surface area contributed by atoms with Crippen molar-refractivity contribution in [1.82, 2.24) is 9.80 Å². The second-order valence-electron chi connectivity index (χ2n) is 8.96. The third-order valence-corrected chi connectivity index (χ3v) is 6.70. The highest BCUT2D eigenvalue weighted by Crippen LogP contribution is 2.26. The average molecular weight is 422 g/mol. The molecule has 2 aromatic carbocycles. The van der Waals surface area contributed by atoms with Crippen molar-refractivity contribution in [1.29, 1.82) is 0 Å². The molecule has 31 heavy (non-hydrogen) atoms. The van der Waals surface area contributed by atoms with Crippen LogP contribution >= 0.6 is 0 Å². The van der Waals surface area contributed by atoms with E-state index in [1.807, 2.05) is 12.1 Å². The number of hydrogen-bond donors (Lipinski definition) is 0. The number of nitrogens with zero attached hydrogens (tertiary/aromatic N) is 3. The van der Waals surface area contributed by atoms with E-state index in [0.29, 0.717) is 11.8 Å². The highest BCUT2D eigenvalue weighted by molar-refractivity contribution is 5.79. The number of piperidine rings is 2. The lowest BCUT2D eigenvalue weighted by Crippen LogP contribution is -2.47. The first kappa shape index (κ1) is 21.5. The lowest BCUT2D eigenvalue weighted by Gasteiger charge is -2.38. The molecule has 2 fully saturated rings. The molecule has 2 aliphatic rings. The summed E-state index contributed by atoms with van der Waals surface area (Å²) < 4.78 is 0. The Bertz CT molecular complexity index is 877. The van der Waals surface area contributed by atoms with Crippen LogP contribution in [0.4, 0.5) is 5.69 Å². The Balaban J connectivity index is 1.26. The van der Waals surface area contributed by atoms with Crippen molar-refractivity contribution in [2.24, 2.45) is 11.8 Å². The number of carbonyl (C=O) groups is 1. The zero-order chi connectivity index (χ0) is 21.6. The molecule has 0 aliphatic carbocycles. The lowest BCUT2D eigenvalue weighted by molar-refractivity contribution is -0.384. The number of hydrogen-bond acceptors (Lipinski definition) is 4. The molecule has 4 rings (SSSR count). The Kier molecular flexibility index (Phi) is 6.97. The van der Waals surface area contributed by atoms with Gasteiger partial charge in [-0.15, -0.1) is 0 Å². The zero-order valence-corrected chi connectivity index (χ0v) is 18.0. The highest BCUT2D eigenvalue weighted by atomic mass is 16.6.